The molecule has 1 aliphatic heterocycles. The summed E-state index contributed by atoms with van der Waals surface area (Å²) in [5.74, 6) is -0.316. The molecule has 41 heavy (non-hydrogen) atoms. The van der Waals surface area contributed by atoms with Crippen molar-refractivity contribution in [3.05, 3.63) is 35.9 Å². The summed E-state index contributed by atoms with van der Waals surface area (Å²) in [6.07, 6.45) is 2.67. The molecule has 232 valence electrons. The summed E-state index contributed by atoms with van der Waals surface area (Å²) in [5, 5.41) is 5.95. The van der Waals surface area contributed by atoms with Gasteiger partial charge >= 0.3 is 0 Å². The molecule has 0 saturated carbocycles. The van der Waals surface area contributed by atoms with Crippen molar-refractivity contribution in [2.45, 2.75) is 84.1 Å². The van der Waals surface area contributed by atoms with Gasteiger partial charge in [0.15, 0.2) is 0 Å². The molecule has 1 aliphatic rings. The minimum Gasteiger partial charge on any atom is -0.381 e. The van der Waals surface area contributed by atoms with Gasteiger partial charge in [0, 0.05) is 40.3 Å². The molecule has 0 spiro atoms. The van der Waals surface area contributed by atoms with Crippen molar-refractivity contribution in [1.29, 1.82) is 0 Å². The SMILES string of the molecule is CCC(C)C(C)C(CC(=O)N1CCCC1C(OC)C(C)C(=O)NC(Cc1ccccc1)C(=O)NCCN(C)C)OC. The molecule has 9 nitrogen and oxygen atoms in total. The molecule has 0 radical (unpaired) electrons. The number of carbonyl (C=O) groups excluding carboxylic acids is 3. The van der Waals surface area contributed by atoms with Gasteiger partial charge in [-0.2, -0.15) is 0 Å². The van der Waals surface area contributed by atoms with Crippen molar-refractivity contribution in [3.8, 4) is 0 Å². The minimum atomic E-state index is -0.724. The van der Waals surface area contributed by atoms with E-state index in [1.165, 1.54) is 0 Å². The first-order valence-corrected chi connectivity index (χ1v) is 15.2. The Kier molecular flexibility index (Phi) is 14.8. The fourth-order valence-corrected chi connectivity index (χ4v) is 5.69. The van der Waals surface area contributed by atoms with Gasteiger partial charge in [-0.1, -0.05) is 64.4 Å². The van der Waals surface area contributed by atoms with E-state index in [1.807, 2.05) is 61.2 Å². The first-order valence-electron chi connectivity index (χ1n) is 15.2. The van der Waals surface area contributed by atoms with E-state index in [9.17, 15) is 14.4 Å². The van der Waals surface area contributed by atoms with Crippen LogP contribution in [0.25, 0.3) is 0 Å². The van der Waals surface area contributed by atoms with Crippen LogP contribution in [0.3, 0.4) is 0 Å². The standard InChI is InChI=1S/C32H54N4O5/c1-9-22(2)23(3)28(40-7)21-29(37)36-18-13-16-27(36)30(41-8)24(4)31(38)34-26(20-25-14-11-10-12-15-25)32(39)33-17-19-35(5)6/h10-12,14-15,22-24,26-28,30H,9,13,16-21H2,1-8H3,(H,33,39)(H,34,38). The molecular weight excluding hydrogens is 520 g/mol. The summed E-state index contributed by atoms with van der Waals surface area (Å²) >= 11 is 0. The lowest BCUT2D eigenvalue weighted by Crippen LogP contribution is -2.54. The van der Waals surface area contributed by atoms with E-state index < -0.39 is 18.1 Å². The van der Waals surface area contributed by atoms with Gasteiger partial charge in [-0.25, -0.2) is 0 Å². The minimum absolute atomic E-state index is 0.0337. The normalized spacial score (nSPS) is 19.7. The fourth-order valence-electron chi connectivity index (χ4n) is 5.69. The molecule has 0 bridgehead atoms. The van der Waals surface area contributed by atoms with Crippen LogP contribution >= 0.6 is 0 Å². The number of benzene rings is 1. The number of ether oxygens (including phenoxy) is 2. The summed E-state index contributed by atoms with van der Waals surface area (Å²) in [4.78, 5) is 44.1. The fraction of sp³-hybridized carbons (Fsp3) is 0.719. The molecule has 1 heterocycles. The third-order valence-corrected chi connectivity index (χ3v) is 8.76. The molecule has 2 N–H and O–H groups in total. The van der Waals surface area contributed by atoms with Crippen LogP contribution in [0.2, 0.25) is 0 Å². The van der Waals surface area contributed by atoms with Crippen LogP contribution in [-0.2, 0) is 30.3 Å². The van der Waals surface area contributed by atoms with Crippen LogP contribution in [-0.4, -0.2) is 99.8 Å². The van der Waals surface area contributed by atoms with E-state index in [0.29, 0.717) is 38.4 Å². The summed E-state index contributed by atoms with van der Waals surface area (Å²) < 4.78 is 11.6. The Labute approximate surface area is 247 Å². The Hall–Kier alpha value is -2.49. The second-order valence-corrected chi connectivity index (χ2v) is 11.9. The van der Waals surface area contributed by atoms with Crippen molar-refractivity contribution >= 4 is 17.7 Å². The highest BCUT2D eigenvalue weighted by atomic mass is 16.5. The van der Waals surface area contributed by atoms with Crippen LogP contribution in [0, 0.1) is 17.8 Å². The molecule has 0 aliphatic carbocycles. The van der Waals surface area contributed by atoms with Gasteiger partial charge in [0.2, 0.25) is 17.7 Å². The molecule has 3 amide bonds. The largest absolute Gasteiger partial charge is 0.381 e. The second-order valence-electron chi connectivity index (χ2n) is 11.9. The van der Waals surface area contributed by atoms with Gasteiger partial charge in [0.05, 0.1) is 30.6 Å². The maximum absolute atomic E-state index is 13.6. The van der Waals surface area contributed by atoms with Crippen molar-refractivity contribution < 1.29 is 23.9 Å². The predicted octanol–water partition coefficient (Wildman–Crippen LogP) is 3.12. The first-order chi connectivity index (χ1) is 19.5. The molecule has 1 aromatic rings. The van der Waals surface area contributed by atoms with Crippen molar-refractivity contribution in [2.24, 2.45) is 17.8 Å². The van der Waals surface area contributed by atoms with Crippen molar-refractivity contribution in [3.63, 3.8) is 0 Å². The lowest BCUT2D eigenvalue weighted by molar-refractivity contribution is -0.143. The number of likely N-dealkylation sites (N-methyl/N-ethyl adjacent to an activating group) is 1. The second kappa shape index (κ2) is 17.5. The Balaban J connectivity index is 2.13. The number of carbonyl (C=O) groups is 3. The highest BCUT2D eigenvalue weighted by molar-refractivity contribution is 5.89. The van der Waals surface area contributed by atoms with E-state index in [2.05, 4.69) is 31.4 Å². The number of rotatable bonds is 17. The molecule has 2 rings (SSSR count). The summed E-state index contributed by atoms with van der Waals surface area (Å²) in [6.45, 7) is 10.1. The maximum atomic E-state index is 13.6. The zero-order valence-corrected chi connectivity index (χ0v) is 26.5. The van der Waals surface area contributed by atoms with Crippen LogP contribution in [0.5, 0.6) is 0 Å². The molecule has 1 saturated heterocycles. The number of nitrogens with zero attached hydrogens (tertiary/aromatic N) is 2. The molecule has 1 aromatic carbocycles. The molecule has 7 unspecified atom stereocenters. The summed E-state index contributed by atoms with van der Waals surface area (Å²) in [5.41, 5.74) is 0.961. The maximum Gasteiger partial charge on any atom is 0.242 e. The highest BCUT2D eigenvalue weighted by Crippen LogP contribution is 2.29. The number of likely N-dealkylation sites (tertiary alicyclic amines) is 1. The van der Waals surface area contributed by atoms with Gasteiger partial charge in [-0.15, -0.1) is 0 Å². The number of methoxy groups -OCH3 is 2. The van der Waals surface area contributed by atoms with Crippen LogP contribution in [0.1, 0.15) is 58.9 Å². The van der Waals surface area contributed by atoms with Gasteiger partial charge in [-0.3, -0.25) is 14.4 Å². The highest BCUT2D eigenvalue weighted by Gasteiger charge is 2.41. The van der Waals surface area contributed by atoms with Gasteiger partial charge in [0.25, 0.3) is 0 Å². The lowest BCUT2D eigenvalue weighted by Gasteiger charge is -2.35. The predicted molar refractivity (Wildman–Crippen MR) is 162 cm³/mol. The number of hydrogen-bond donors (Lipinski definition) is 2. The van der Waals surface area contributed by atoms with Gasteiger partial charge < -0.3 is 29.9 Å². The quantitative estimate of drug-likeness (QED) is 0.297. The smallest absolute Gasteiger partial charge is 0.242 e. The van der Waals surface area contributed by atoms with E-state index in [0.717, 1.165) is 24.8 Å². The Morgan fingerprint density at radius 2 is 1.73 bits per heavy atom. The third kappa shape index (κ3) is 10.4. The number of amides is 3. The molecular formula is C32H54N4O5. The Morgan fingerprint density at radius 1 is 1.05 bits per heavy atom. The van der Waals surface area contributed by atoms with Crippen LogP contribution in [0.4, 0.5) is 0 Å². The van der Waals surface area contributed by atoms with Crippen molar-refractivity contribution in [2.75, 3.05) is 47.9 Å². The summed E-state index contributed by atoms with van der Waals surface area (Å²) in [6, 6.07) is 8.73. The first kappa shape index (κ1) is 34.7. The molecule has 9 heteroatoms. The zero-order chi connectivity index (χ0) is 30.5. The molecule has 0 aromatic heterocycles. The summed E-state index contributed by atoms with van der Waals surface area (Å²) in [7, 11) is 7.15. The van der Waals surface area contributed by atoms with E-state index in [-0.39, 0.29) is 35.8 Å². The molecule has 1 fully saturated rings. The lowest BCUT2D eigenvalue weighted by atomic mass is 9.87. The number of hydrogen-bond acceptors (Lipinski definition) is 6. The van der Waals surface area contributed by atoms with Crippen molar-refractivity contribution in [1.82, 2.24) is 20.4 Å². The monoisotopic (exact) mass is 574 g/mol. The average molecular weight is 575 g/mol. The van der Waals surface area contributed by atoms with E-state index in [1.54, 1.807) is 14.2 Å². The Bertz CT molecular complexity index is 943. The van der Waals surface area contributed by atoms with Gasteiger partial charge in [0.1, 0.15) is 6.04 Å². The Morgan fingerprint density at radius 3 is 2.32 bits per heavy atom. The van der Waals surface area contributed by atoms with Crippen LogP contribution in [0.15, 0.2) is 30.3 Å². The van der Waals surface area contributed by atoms with Gasteiger partial charge in [-0.05, 0) is 44.3 Å². The topological polar surface area (TPSA) is 100 Å². The van der Waals surface area contributed by atoms with E-state index in [4.69, 9.17) is 9.47 Å². The van der Waals surface area contributed by atoms with Crippen LogP contribution < -0.4 is 10.6 Å². The van der Waals surface area contributed by atoms with E-state index >= 15 is 0 Å². The average Bonchev–Trinajstić information content (AvgIpc) is 3.44. The molecule has 7 atom stereocenters. The zero-order valence-electron chi connectivity index (χ0n) is 26.5. The third-order valence-electron chi connectivity index (χ3n) is 8.76. The number of nitrogens with one attached hydrogen (secondary N) is 2.